The monoisotopic (exact) mass is 303 g/mol. The molecule has 3 heterocycles. The first-order valence-electron chi connectivity index (χ1n) is 7.19. The van der Waals surface area contributed by atoms with Gasteiger partial charge in [0.1, 0.15) is 0 Å². The molecule has 2 aromatic rings. The third kappa shape index (κ3) is 2.72. The second kappa shape index (κ2) is 6.00. The van der Waals surface area contributed by atoms with E-state index in [-0.39, 0.29) is 12.0 Å². The van der Waals surface area contributed by atoms with Crippen molar-refractivity contribution >= 4 is 23.2 Å². The molecule has 116 valence electrons. The van der Waals surface area contributed by atoms with Gasteiger partial charge in [-0.1, -0.05) is 0 Å². The molecule has 1 aliphatic heterocycles. The Morgan fingerprint density at radius 1 is 1.23 bits per heavy atom. The topological polar surface area (TPSA) is 91.4 Å². The molecule has 1 fully saturated rings. The summed E-state index contributed by atoms with van der Waals surface area (Å²) in [4.78, 5) is 38.6. The number of piperazine rings is 1. The fourth-order valence-corrected chi connectivity index (χ4v) is 2.44. The molecule has 0 spiro atoms. The largest absolute Gasteiger partial charge is 0.450 e. The van der Waals surface area contributed by atoms with Gasteiger partial charge in [0, 0.05) is 32.4 Å². The third-order valence-corrected chi connectivity index (χ3v) is 3.61. The number of aromatic amines is 1. The fourth-order valence-electron chi connectivity index (χ4n) is 2.44. The molecule has 0 aromatic carbocycles. The predicted molar refractivity (Wildman–Crippen MR) is 78.4 cm³/mol. The highest BCUT2D eigenvalue weighted by atomic mass is 16.6. The van der Waals surface area contributed by atoms with E-state index < -0.39 is 0 Å². The molecular weight excluding hydrogens is 286 g/mol. The van der Waals surface area contributed by atoms with Crippen LogP contribution in [0.4, 0.5) is 4.79 Å². The van der Waals surface area contributed by atoms with Crippen LogP contribution in [0.25, 0.3) is 11.2 Å². The molecule has 2 aromatic heterocycles. The number of carbonyl (C=O) groups is 2. The lowest BCUT2D eigenvalue weighted by molar-refractivity contribution is 0.0570. The van der Waals surface area contributed by atoms with Crippen LogP contribution in [-0.4, -0.2) is 69.5 Å². The van der Waals surface area contributed by atoms with E-state index in [9.17, 15) is 9.59 Å². The predicted octanol–water partition coefficient (Wildman–Crippen LogP) is 0.872. The number of fused-ring (bicyclic) bond motifs is 1. The Morgan fingerprint density at radius 3 is 2.68 bits per heavy atom. The Hall–Kier alpha value is -2.64. The molecule has 2 amide bonds. The Bertz CT molecular complexity index is 691. The van der Waals surface area contributed by atoms with Crippen molar-refractivity contribution in [3.8, 4) is 0 Å². The van der Waals surface area contributed by atoms with Gasteiger partial charge < -0.3 is 19.5 Å². The molecule has 0 aliphatic carbocycles. The van der Waals surface area contributed by atoms with Gasteiger partial charge in [0.2, 0.25) is 0 Å². The van der Waals surface area contributed by atoms with E-state index in [0.29, 0.717) is 44.0 Å². The first kappa shape index (κ1) is 14.3. The SMILES string of the molecule is CCOC(=O)N1CCN(C(=O)c2cnc3nc[nH]c3c2)CC1. The van der Waals surface area contributed by atoms with Crippen molar-refractivity contribution in [1.29, 1.82) is 0 Å². The lowest BCUT2D eigenvalue weighted by Crippen LogP contribution is -2.50. The van der Waals surface area contributed by atoms with Crippen LogP contribution in [0.1, 0.15) is 17.3 Å². The molecule has 0 atom stereocenters. The smallest absolute Gasteiger partial charge is 0.409 e. The van der Waals surface area contributed by atoms with Crippen molar-refractivity contribution in [3.05, 3.63) is 24.2 Å². The number of amides is 2. The number of nitrogens with zero attached hydrogens (tertiary/aromatic N) is 4. The minimum Gasteiger partial charge on any atom is -0.450 e. The summed E-state index contributed by atoms with van der Waals surface area (Å²) < 4.78 is 4.96. The number of aromatic nitrogens is 3. The maximum atomic E-state index is 12.5. The standard InChI is InChI=1S/C14H17N5O3/c1-2-22-14(21)19-5-3-18(4-6-19)13(20)10-7-11-12(15-8-10)17-9-16-11/h7-9H,2-6H2,1H3,(H,15,16,17). The lowest BCUT2D eigenvalue weighted by Gasteiger charge is -2.34. The highest BCUT2D eigenvalue weighted by Crippen LogP contribution is 2.13. The van der Waals surface area contributed by atoms with E-state index in [1.54, 1.807) is 29.1 Å². The molecule has 0 unspecified atom stereocenters. The number of hydrogen-bond donors (Lipinski definition) is 1. The van der Waals surface area contributed by atoms with Crippen molar-refractivity contribution < 1.29 is 14.3 Å². The van der Waals surface area contributed by atoms with Gasteiger partial charge >= 0.3 is 6.09 Å². The van der Waals surface area contributed by atoms with E-state index in [1.807, 2.05) is 0 Å². The van der Waals surface area contributed by atoms with Gasteiger partial charge in [0.15, 0.2) is 5.65 Å². The summed E-state index contributed by atoms with van der Waals surface area (Å²) >= 11 is 0. The molecule has 0 radical (unpaired) electrons. The second-order valence-electron chi connectivity index (χ2n) is 4.98. The molecule has 1 saturated heterocycles. The van der Waals surface area contributed by atoms with Crippen LogP contribution in [0, 0.1) is 0 Å². The third-order valence-electron chi connectivity index (χ3n) is 3.61. The van der Waals surface area contributed by atoms with Crippen LogP contribution in [0.15, 0.2) is 18.6 Å². The maximum absolute atomic E-state index is 12.5. The molecular formula is C14H17N5O3. The summed E-state index contributed by atoms with van der Waals surface area (Å²) in [5, 5.41) is 0. The maximum Gasteiger partial charge on any atom is 0.409 e. The van der Waals surface area contributed by atoms with E-state index >= 15 is 0 Å². The second-order valence-corrected chi connectivity index (χ2v) is 4.98. The van der Waals surface area contributed by atoms with Gasteiger partial charge in [-0.2, -0.15) is 0 Å². The van der Waals surface area contributed by atoms with Gasteiger partial charge in [-0.25, -0.2) is 14.8 Å². The zero-order valence-corrected chi connectivity index (χ0v) is 12.3. The van der Waals surface area contributed by atoms with Crippen molar-refractivity contribution in [2.24, 2.45) is 0 Å². The van der Waals surface area contributed by atoms with Gasteiger partial charge in [-0.05, 0) is 13.0 Å². The number of nitrogens with one attached hydrogen (secondary N) is 1. The minimum absolute atomic E-state index is 0.0903. The molecule has 3 rings (SSSR count). The molecule has 22 heavy (non-hydrogen) atoms. The molecule has 8 heteroatoms. The lowest BCUT2D eigenvalue weighted by atomic mass is 10.2. The van der Waals surface area contributed by atoms with Crippen molar-refractivity contribution in [1.82, 2.24) is 24.8 Å². The molecule has 0 saturated carbocycles. The van der Waals surface area contributed by atoms with E-state index in [2.05, 4.69) is 15.0 Å². The number of hydrogen-bond acceptors (Lipinski definition) is 5. The zero-order chi connectivity index (χ0) is 15.5. The molecule has 8 nitrogen and oxygen atoms in total. The highest BCUT2D eigenvalue weighted by molar-refractivity contribution is 5.96. The normalized spacial score (nSPS) is 15.1. The molecule has 1 N–H and O–H groups in total. The van der Waals surface area contributed by atoms with Crippen LogP contribution >= 0.6 is 0 Å². The summed E-state index contributed by atoms with van der Waals surface area (Å²) in [6, 6.07) is 1.75. The Kier molecular flexibility index (Phi) is 3.90. The number of rotatable bonds is 2. The Labute approximate surface area is 127 Å². The average Bonchev–Trinajstić information content (AvgIpc) is 3.02. The van der Waals surface area contributed by atoms with Crippen molar-refractivity contribution in [2.75, 3.05) is 32.8 Å². The Balaban J connectivity index is 1.65. The first-order valence-corrected chi connectivity index (χ1v) is 7.19. The number of imidazole rings is 1. The number of pyridine rings is 1. The van der Waals surface area contributed by atoms with Gasteiger partial charge in [0.05, 0.1) is 24.0 Å². The molecule has 0 bridgehead atoms. The van der Waals surface area contributed by atoms with Crippen molar-refractivity contribution in [3.63, 3.8) is 0 Å². The summed E-state index contributed by atoms with van der Waals surface area (Å²) in [5.74, 6) is -0.0903. The van der Waals surface area contributed by atoms with E-state index in [1.165, 1.54) is 6.20 Å². The summed E-state index contributed by atoms with van der Waals surface area (Å²) in [6.45, 7) is 4.05. The summed E-state index contributed by atoms with van der Waals surface area (Å²) in [6.07, 6.45) is 2.75. The van der Waals surface area contributed by atoms with Gasteiger partial charge in [0.25, 0.3) is 5.91 Å². The van der Waals surface area contributed by atoms with Crippen LogP contribution in [-0.2, 0) is 4.74 Å². The van der Waals surface area contributed by atoms with Crippen LogP contribution in [0.2, 0.25) is 0 Å². The van der Waals surface area contributed by atoms with Crippen LogP contribution < -0.4 is 0 Å². The summed E-state index contributed by atoms with van der Waals surface area (Å²) in [5.41, 5.74) is 1.83. The minimum atomic E-state index is -0.324. The van der Waals surface area contributed by atoms with Gasteiger partial charge in [-0.3, -0.25) is 4.79 Å². The molecule has 1 aliphatic rings. The fraction of sp³-hybridized carbons (Fsp3) is 0.429. The van der Waals surface area contributed by atoms with Gasteiger partial charge in [-0.15, -0.1) is 0 Å². The number of H-pyrrole nitrogens is 1. The highest BCUT2D eigenvalue weighted by Gasteiger charge is 2.25. The Morgan fingerprint density at radius 2 is 1.95 bits per heavy atom. The average molecular weight is 303 g/mol. The van der Waals surface area contributed by atoms with Crippen LogP contribution in [0.5, 0.6) is 0 Å². The van der Waals surface area contributed by atoms with E-state index in [4.69, 9.17) is 4.74 Å². The summed E-state index contributed by atoms with van der Waals surface area (Å²) in [7, 11) is 0. The van der Waals surface area contributed by atoms with Crippen LogP contribution in [0.3, 0.4) is 0 Å². The first-order chi connectivity index (χ1) is 10.7. The van der Waals surface area contributed by atoms with Crippen molar-refractivity contribution in [2.45, 2.75) is 6.92 Å². The van der Waals surface area contributed by atoms with E-state index in [0.717, 1.165) is 5.52 Å². The zero-order valence-electron chi connectivity index (χ0n) is 12.3. The number of carbonyl (C=O) groups excluding carboxylic acids is 2. The number of ether oxygens (including phenoxy) is 1. The quantitative estimate of drug-likeness (QED) is 0.889.